The van der Waals surface area contributed by atoms with Crippen molar-refractivity contribution in [3.8, 4) is 0 Å². The molecule has 1 aliphatic heterocycles. The van der Waals surface area contributed by atoms with E-state index in [2.05, 4.69) is 5.32 Å². The van der Waals surface area contributed by atoms with Crippen molar-refractivity contribution in [3.63, 3.8) is 0 Å². The smallest absolute Gasteiger partial charge is 0.248 e. The van der Waals surface area contributed by atoms with Gasteiger partial charge in [-0.3, -0.25) is 9.59 Å². The molecule has 2 fully saturated rings. The van der Waals surface area contributed by atoms with Crippen molar-refractivity contribution in [1.82, 2.24) is 10.2 Å². The molecule has 2 aliphatic rings. The number of carbonyl (C=O) groups is 2. The van der Waals surface area contributed by atoms with E-state index in [1.807, 2.05) is 6.92 Å². The molecule has 2 amide bonds. The summed E-state index contributed by atoms with van der Waals surface area (Å²) in [5.41, 5.74) is 0.621. The van der Waals surface area contributed by atoms with E-state index < -0.39 is 5.54 Å². The van der Waals surface area contributed by atoms with Crippen LogP contribution in [-0.4, -0.2) is 34.8 Å². The fourth-order valence-corrected chi connectivity index (χ4v) is 2.53. The minimum atomic E-state index is -0.775. The lowest BCUT2D eigenvalue weighted by Crippen LogP contribution is -2.69. The Kier molecular flexibility index (Phi) is 3.66. The number of nitrogens with one attached hydrogen (secondary N) is 1. The Bertz CT molecular complexity index is 392. The fraction of sp³-hybridized carbons (Fsp3) is 0.692. The predicted octanol–water partition coefficient (Wildman–Crippen LogP) is 1.64. The van der Waals surface area contributed by atoms with Crippen molar-refractivity contribution in [2.24, 2.45) is 5.92 Å². The number of hydrogen-bond donors (Lipinski definition) is 1. The van der Waals surface area contributed by atoms with E-state index in [1.54, 1.807) is 17.9 Å². The van der Waals surface area contributed by atoms with Gasteiger partial charge in [-0.15, -0.1) is 0 Å². The first kappa shape index (κ1) is 13.4. The molecule has 5 heteroatoms. The third-order valence-corrected chi connectivity index (χ3v) is 4.08. The zero-order chi connectivity index (χ0) is 13.3. The van der Waals surface area contributed by atoms with Gasteiger partial charge < -0.3 is 10.2 Å². The molecule has 2 unspecified atom stereocenters. The van der Waals surface area contributed by atoms with Gasteiger partial charge in [0.05, 0.1) is 0 Å². The summed E-state index contributed by atoms with van der Waals surface area (Å²) in [6.45, 7) is 4.10. The van der Waals surface area contributed by atoms with Crippen LogP contribution in [0.15, 0.2) is 11.6 Å². The van der Waals surface area contributed by atoms with E-state index in [0.717, 1.165) is 12.8 Å². The number of halogens is 1. The third kappa shape index (κ3) is 2.26. The fourth-order valence-electron chi connectivity index (χ4n) is 2.45. The monoisotopic (exact) mass is 270 g/mol. The Hall–Kier alpha value is -1.03. The third-order valence-electron chi connectivity index (χ3n) is 3.90. The minimum absolute atomic E-state index is 0.00346. The summed E-state index contributed by atoms with van der Waals surface area (Å²) in [7, 11) is 0. The zero-order valence-corrected chi connectivity index (χ0v) is 11.5. The normalized spacial score (nSPS) is 33.1. The molecule has 100 valence electrons. The highest BCUT2D eigenvalue weighted by Crippen LogP contribution is 2.38. The molecule has 0 spiro atoms. The standard InChI is InChI=1S/C13H19ClN2O2/c1-3-13(2)12(18)16(8-4-7-14)10(9-5-6-9)11(17)15-13/h4,7,9-10H,3,5-6,8H2,1-2H3,(H,15,17)/b7-4+. The summed E-state index contributed by atoms with van der Waals surface area (Å²) in [5.74, 6) is 0.291. The molecule has 4 nitrogen and oxygen atoms in total. The number of amides is 2. The van der Waals surface area contributed by atoms with Crippen molar-refractivity contribution in [2.75, 3.05) is 6.54 Å². The molecule has 1 aliphatic carbocycles. The first-order chi connectivity index (χ1) is 8.53. The average Bonchev–Trinajstić information content (AvgIpc) is 3.16. The van der Waals surface area contributed by atoms with Crippen LogP contribution in [0, 0.1) is 5.92 Å². The molecule has 1 N–H and O–H groups in total. The summed E-state index contributed by atoms with van der Waals surface area (Å²) < 4.78 is 0. The maximum atomic E-state index is 12.5. The summed E-state index contributed by atoms with van der Waals surface area (Å²) >= 11 is 5.53. The van der Waals surface area contributed by atoms with E-state index in [-0.39, 0.29) is 17.9 Å². The molecule has 1 saturated heterocycles. The van der Waals surface area contributed by atoms with Crippen LogP contribution in [0.5, 0.6) is 0 Å². The molecule has 0 aromatic heterocycles. The molecule has 1 saturated carbocycles. The Morgan fingerprint density at radius 1 is 1.50 bits per heavy atom. The van der Waals surface area contributed by atoms with Crippen molar-refractivity contribution in [3.05, 3.63) is 11.6 Å². The lowest BCUT2D eigenvalue weighted by molar-refractivity contribution is -0.154. The van der Waals surface area contributed by atoms with Crippen LogP contribution < -0.4 is 5.32 Å². The summed E-state index contributed by atoms with van der Waals surface area (Å²) in [5, 5.41) is 2.88. The Morgan fingerprint density at radius 2 is 2.17 bits per heavy atom. The quantitative estimate of drug-likeness (QED) is 0.844. The number of hydrogen-bond acceptors (Lipinski definition) is 2. The summed E-state index contributed by atoms with van der Waals surface area (Å²) in [6.07, 6.45) is 4.35. The second-order valence-corrected chi connectivity index (χ2v) is 5.53. The summed E-state index contributed by atoms with van der Waals surface area (Å²) in [4.78, 5) is 26.4. The van der Waals surface area contributed by atoms with E-state index in [1.165, 1.54) is 5.54 Å². The maximum absolute atomic E-state index is 12.5. The molecular formula is C13H19ClN2O2. The molecule has 2 rings (SSSR count). The van der Waals surface area contributed by atoms with E-state index in [9.17, 15) is 9.59 Å². The zero-order valence-electron chi connectivity index (χ0n) is 10.8. The van der Waals surface area contributed by atoms with Crippen LogP contribution in [0.4, 0.5) is 0 Å². The molecule has 2 atom stereocenters. The minimum Gasteiger partial charge on any atom is -0.340 e. The first-order valence-electron chi connectivity index (χ1n) is 6.42. The molecule has 18 heavy (non-hydrogen) atoms. The van der Waals surface area contributed by atoms with Crippen LogP contribution in [0.2, 0.25) is 0 Å². The number of carbonyl (C=O) groups excluding carboxylic acids is 2. The van der Waals surface area contributed by atoms with Gasteiger partial charge in [-0.05, 0) is 32.1 Å². The van der Waals surface area contributed by atoms with Gasteiger partial charge in [0.2, 0.25) is 11.8 Å². The van der Waals surface area contributed by atoms with Gasteiger partial charge in [-0.2, -0.15) is 0 Å². The molecule has 0 radical (unpaired) electrons. The van der Waals surface area contributed by atoms with Crippen LogP contribution in [0.1, 0.15) is 33.1 Å². The highest BCUT2D eigenvalue weighted by Gasteiger charge is 2.51. The highest BCUT2D eigenvalue weighted by atomic mass is 35.5. The Balaban J connectivity index is 2.26. The maximum Gasteiger partial charge on any atom is 0.248 e. The number of rotatable bonds is 4. The molecule has 0 aromatic rings. The van der Waals surface area contributed by atoms with Gasteiger partial charge >= 0.3 is 0 Å². The lowest BCUT2D eigenvalue weighted by atomic mass is 9.90. The second kappa shape index (κ2) is 4.92. The molecule has 0 aromatic carbocycles. The van der Waals surface area contributed by atoms with E-state index >= 15 is 0 Å². The molecular weight excluding hydrogens is 252 g/mol. The Labute approximate surface area is 112 Å². The van der Waals surface area contributed by atoms with Crippen LogP contribution >= 0.6 is 11.6 Å². The van der Waals surface area contributed by atoms with Crippen LogP contribution in [0.25, 0.3) is 0 Å². The first-order valence-corrected chi connectivity index (χ1v) is 6.85. The van der Waals surface area contributed by atoms with Gasteiger partial charge in [0.15, 0.2) is 0 Å². The predicted molar refractivity (Wildman–Crippen MR) is 70.1 cm³/mol. The number of nitrogens with zero attached hydrogens (tertiary/aromatic N) is 1. The van der Waals surface area contributed by atoms with Crippen LogP contribution in [0.3, 0.4) is 0 Å². The van der Waals surface area contributed by atoms with E-state index in [4.69, 9.17) is 11.6 Å². The van der Waals surface area contributed by atoms with Crippen molar-refractivity contribution >= 4 is 23.4 Å². The van der Waals surface area contributed by atoms with Crippen molar-refractivity contribution in [1.29, 1.82) is 0 Å². The largest absolute Gasteiger partial charge is 0.340 e. The van der Waals surface area contributed by atoms with Gasteiger partial charge in [0.1, 0.15) is 11.6 Å². The van der Waals surface area contributed by atoms with Crippen molar-refractivity contribution < 1.29 is 9.59 Å². The lowest BCUT2D eigenvalue weighted by Gasteiger charge is -2.44. The highest BCUT2D eigenvalue weighted by molar-refractivity contribution is 6.25. The Morgan fingerprint density at radius 3 is 2.67 bits per heavy atom. The van der Waals surface area contributed by atoms with Gasteiger partial charge in [-0.25, -0.2) is 0 Å². The SMILES string of the molecule is CCC1(C)NC(=O)C(C2CC2)N(C/C=C/Cl)C1=O. The second-order valence-electron chi connectivity index (χ2n) is 5.28. The molecule has 0 bridgehead atoms. The molecule has 1 heterocycles. The topological polar surface area (TPSA) is 49.4 Å². The van der Waals surface area contributed by atoms with Gasteiger partial charge in [-0.1, -0.05) is 24.6 Å². The van der Waals surface area contributed by atoms with Crippen molar-refractivity contribution in [2.45, 2.75) is 44.7 Å². The van der Waals surface area contributed by atoms with Gasteiger partial charge in [0, 0.05) is 12.1 Å². The van der Waals surface area contributed by atoms with E-state index in [0.29, 0.717) is 18.9 Å². The van der Waals surface area contributed by atoms with Gasteiger partial charge in [0.25, 0.3) is 0 Å². The van der Waals surface area contributed by atoms with Crippen LogP contribution in [-0.2, 0) is 9.59 Å². The average molecular weight is 271 g/mol. The number of piperazine rings is 1. The summed E-state index contributed by atoms with van der Waals surface area (Å²) in [6, 6.07) is -0.315.